The number of aromatic nitrogens is 2. The number of rotatable bonds is 6. The summed E-state index contributed by atoms with van der Waals surface area (Å²) in [6, 6.07) is 15.8. The molecule has 29 heavy (non-hydrogen) atoms. The van der Waals surface area contributed by atoms with Gasteiger partial charge in [0, 0.05) is 22.8 Å². The van der Waals surface area contributed by atoms with Crippen LogP contribution in [0.4, 0.5) is 4.39 Å². The van der Waals surface area contributed by atoms with Crippen LogP contribution in [0.1, 0.15) is 37.9 Å². The van der Waals surface area contributed by atoms with E-state index in [-0.39, 0.29) is 11.7 Å². The zero-order valence-electron chi connectivity index (χ0n) is 16.7. The fourth-order valence-electron chi connectivity index (χ4n) is 2.98. The van der Waals surface area contributed by atoms with Crippen molar-refractivity contribution in [2.24, 2.45) is 0 Å². The second-order valence-corrected chi connectivity index (χ2v) is 6.81. The van der Waals surface area contributed by atoms with Gasteiger partial charge in [-0.3, -0.25) is 0 Å². The van der Waals surface area contributed by atoms with Crippen molar-refractivity contribution in [3.63, 3.8) is 0 Å². The molecule has 0 aliphatic carbocycles. The Bertz CT molecular complexity index is 1010. The van der Waals surface area contributed by atoms with Gasteiger partial charge in [-0.1, -0.05) is 44.2 Å². The van der Waals surface area contributed by atoms with Gasteiger partial charge in [-0.05, 0) is 43.2 Å². The van der Waals surface area contributed by atoms with E-state index in [1.165, 1.54) is 18.2 Å². The number of carbonyl (C=O) groups is 1. The number of esters is 1. The maximum Gasteiger partial charge on any atom is 0.330 e. The number of hydrogen-bond donors (Lipinski definition) is 0. The highest BCUT2D eigenvalue weighted by Crippen LogP contribution is 2.31. The van der Waals surface area contributed by atoms with Gasteiger partial charge in [0.2, 0.25) is 0 Å². The zero-order chi connectivity index (χ0) is 20.8. The first-order valence-corrected chi connectivity index (χ1v) is 9.57. The molecule has 1 aromatic heterocycles. The van der Waals surface area contributed by atoms with Crippen molar-refractivity contribution in [2.75, 3.05) is 6.61 Å². The van der Waals surface area contributed by atoms with Crippen LogP contribution in [-0.2, 0) is 9.53 Å². The Labute approximate surface area is 170 Å². The van der Waals surface area contributed by atoms with Crippen LogP contribution in [0, 0.1) is 5.82 Å². The summed E-state index contributed by atoms with van der Waals surface area (Å²) in [6.07, 6.45) is 3.06. The summed E-state index contributed by atoms with van der Waals surface area (Å²) in [7, 11) is 0. The predicted octanol–water partition coefficient (Wildman–Crippen LogP) is 5.65. The van der Waals surface area contributed by atoms with Crippen molar-refractivity contribution in [3.8, 4) is 22.6 Å². The lowest BCUT2D eigenvalue weighted by molar-refractivity contribution is -0.137. The SMILES string of the molecule is CCOC(=O)/C=C/c1c(-c2ccc(F)cc2)nc(-c2ccccc2)nc1C(C)C. The van der Waals surface area contributed by atoms with E-state index in [0.29, 0.717) is 18.1 Å². The smallest absolute Gasteiger partial charge is 0.330 e. The van der Waals surface area contributed by atoms with E-state index in [4.69, 9.17) is 14.7 Å². The minimum absolute atomic E-state index is 0.0847. The number of ether oxygens (including phenoxy) is 1. The molecule has 148 valence electrons. The molecule has 1 heterocycles. The quantitative estimate of drug-likeness (QED) is 0.403. The van der Waals surface area contributed by atoms with E-state index in [1.807, 2.05) is 44.2 Å². The summed E-state index contributed by atoms with van der Waals surface area (Å²) in [5.74, 6) is -0.0819. The average Bonchev–Trinajstić information content (AvgIpc) is 2.73. The Balaban J connectivity index is 2.23. The molecule has 0 atom stereocenters. The molecule has 4 nitrogen and oxygen atoms in total. The molecule has 0 saturated carbocycles. The van der Waals surface area contributed by atoms with E-state index >= 15 is 0 Å². The minimum atomic E-state index is -0.431. The van der Waals surface area contributed by atoms with Gasteiger partial charge in [0.05, 0.1) is 18.0 Å². The zero-order valence-corrected chi connectivity index (χ0v) is 16.7. The Hall–Kier alpha value is -3.34. The lowest BCUT2D eigenvalue weighted by atomic mass is 9.97. The lowest BCUT2D eigenvalue weighted by Gasteiger charge is -2.16. The third kappa shape index (κ3) is 4.93. The minimum Gasteiger partial charge on any atom is -0.463 e. The van der Waals surface area contributed by atoms with Crippen molar-refractivity contribution < 1.29 is 13.9 Å². The van der Waals surface area contributed by atoms with Gasteiger partial charge in [0.1, 0.15) is 5.82 Å². The van der Waals surface area contributed by atoms with E-state index in [2.05, 4.69) is 0 Å². The molecular weight excluding hydrogens is 367 g/mol. The largest absolute Gasteiger partial charge is 0.463 e. The maximum absolute atomic E-state index is 13.5. The van der Waals surface area contributed by atoms with Crippen LogP contribution in [0.25, 0.3) is 28.7 Å². The molecule has 0 unspecified atom stereocenters. The monoisotopic (exact) mass is 390 g/mol. The van der Waals surface area contributed by atoms with Crippen LogP contribution in [0.3, 0.4) is 0 Å². The normalized spacial score (nSPS) is 11.2. The Morgan fingerprint density at radius 3 is 2.34 bits per heavy atom. The van der Waals surface area contributed by atoms with Crippen LogP contribution in [0.2, 0.25) is 0 Å². The third-order valence-electron chi connectivity index (χ3n) is 4.34. The van der Waals surface area contributed by atoms with Crippen molar-refractivity contribution in [3.05, 3.63) is 77.7 Å². The molecule has 0 amide bonds. The van der Waals surface area contributed by atoms with Crippen LogP contribution in [-0.4, -0.2) is 22.5 Å². The molecule has 0 saturated heterocycles. The number of halogens is 1. The predicted molar refractivity (Wildman–Crippen MR) is 113 cm³/mol. The summed E-state index contributed by atoms with van der Waals surface area (Å²) >= 11 is 0. The Morgan fingerprint density at radius 2 is 1.72 bits per heavy atom. The fourth-order valence-corrected chi connectivity index (χ4v) is 2.98. The second-order valence-electron chi connectivity index (χ2n) is 6.81. The van der Waals surface area contributed by atoms with Crippen LogP contribution >= 0.6 is 0 Å². The van der Waals surface area contributed by atoms with Crippen molar-refractivity contribution in [1.82, 2.24) is 9.97 Å². The first-order chi connectivity index (χ1) is 14.0. The van der Waals surface area contributed by atoms with Gasteiger partial charge >= 0.3 is 5.97 Å². The number of nitrogens with zero attached hydrogens (tertiary/aromatic N) is 2. The number of hydrogen-bond acceptors (Lipinski definition) is 4. The highest BCUT2D eigenvalue weighted by Gasteiger charge is 2.18. The highest BCUT2D eigenvalue weighted by molar-refractivity contribution is 5.89. The second kappa shape index (κ2) is 9.24. The molecule has 3 rings (SSSR count). The first-order valence-electron chi connectivity index (χ1n) is 9.57. The molecule has 0 spiro atoms. The molecule has 2 aromatic carbocycles. The van der Waals surface area contributed by atoms with Gasteiger partial charge < -0.3 is 4.74 Å². The van der Waals surface area contributed by atoms with Gasteiger partial charge in [0.15, 0.2) is 5.82 Å². The molecule has 3 aromatic rings. The number of carbonyl (C=O) groups excluding carboxylic acids is 1. The summed E-state index contributed by atoms with van der Waals surface area (Å²) in [5, 5.41) is 0. The van der Waals surface area contributed by atoms with E-state index in [1.54, 1.807) is 25.1 Å². The Morgan fingerprint density at radius 1 is 1.03 bits per heavy atom. The molecule has 0 aliphatic heterocycles. The van der Waals surface area contributed by atoms with Crippen LogP contribution in [0.15, 0.2) is 60.7 Å². The summed E-state index contributed by atoms with van der Waals surface area (Å²) in [5.41, 5.74) is 3.80. The Kier molecular flexibility index (Phi) is 6.50. The van der Waals surface area contributed by atoms with Crippen molar-refractivity contribution in [1.29, 1.82) is 0 Å². The molecule has 0 radical (unpaired) electrons. The standard InChI is InChI=1S/C24H23FN2O2/c1-4-29-21(28)15-14-20-22(16(2)3)26-24(18-8-6-5-7-9-18)27-23(20)17-10-12-19(25)13-11-17/h5-16H,4H2,1-3H3/b15-14+. The van der Waals surface area contributed by atoms with Crippen LogP contribution in [0.5, 0.6) is 0 Å². The van der Waals surface area contributed by atoms with Crippen LogP contribution < -0.4 is 0 Å². The van der Waals surface area contributed by atoms with Gasteiger partial charge in [-0.15, -0.1) is 0 Å². The highest BCUT2D eigenvalue weighted by atomic mass is 19.1. The average molecular weight is 390 g/mol. The van der Waals surface area contributed by atoms with E-state index in [0.717, 1.165) is 22.4 Å². The topological polar surface area (TPSA) is 52.1 Å². The van der Waals surface area contributed by atoms with Crippen molar-refractivity contribution >= 4 is 12.0 Å². The molecule has 5 heteroatoms. The maximum atomic E-state index is 13.5. The third-order valence-corrected chi connectivity index (χ3v) is 4.34. The van der Waals surface area contributed by atoms with E-state index < -0.39 is 5.97 Å². The lowest BCUT2D eigenvalue weighted by Crippen LogP contribution is -2.06. The van der Waals surface area contributed by atoms with Gasteiger partial charge in [-0.25, -0.2) is 19.2 Å². The summed E-state index contributed by atoms with van der Waals surface area (Å²) < 4.78 is 18.5. The molecule has 0 aliphatic rings. The molecule has 0 fully saturated rings. The first kappa shape index (κ1) is 20.4. The van der Waals surface area contributed by atoms with Gasteiger partial charge in [0.25, 0.3) is 0 Å². The molecule has 0 N–H and O–H groups in total. The summed E-state index contributed by atoms with van der Waals surface area (Å²) in [4.78, 5) is 21.4. The summed E-state index contributed by atoms with van der Waals surface area (Å²) in [6.45, 7) is 6.13. The van der Waals surface area contributed by atoms with E-state index in [9.17, 15) is 9.18 Å². The van der Waals surface area contributed by atoms with Gasteiger partial charge in [-0.2, -0.15) is 0 Å². The van der Waals surface area contributed by atoms with Crippen molar-refractivity contribution in [2.45, 2.75) is 26.7 Å². The molecular formula is C24H23FN2O2. The molecule has 0 bridgehead atoms. The fraction of sp³-hybridized carbons (Fsp3) is 0.208. The number of benzene rings is 2.